The van der Waals surface area contributed by atoms with Crippen molar-refractivity contribution in [2.75, 3.05) is 5.32 Å². The lowest BCUT2D eigenvalue weighted by Crippen LogP contribution is -2.22. The lowest BCUT2D eigenvalue weighted by atomic mass is 9.93. The van der Waals surface area contributed by atoms with Crippen LogP contribution in [0.4, 0.5) is 5.95 Å². The maximum absolute atomic E-state index is 12.3. The van der Waals surface area contributed by atoms with Crippen LogP contribution in [0.15, 0.2) is 12.1 Å². The van der Waals surface area contributed by atoms with E-state index in [0.29, 0.717) is 29.0 Å². The van der Waals surface area contributed by atoms with Gasteiger partial charge >= 0.3 is 0 Å². The summed E-state index contributed by atoms with van der Waals surface area (Å²) in [5, 5.41) is 3.45. The Labute approximate surface area is 140 Å². The van der Waals surface area contributed by atoms with Crippen molar-refractivity contribution in [3.05, 3.63) is 17.3 Å². The van der Waals surface area contributed by atoms with Crippen LogP contribution in [0.3, 0.4) is 0 Å². The normalized spacial score (nSPS) is 19.6. The van der Waals surface area contributed by atoms with Crippen LogP contribution in [-0.4, -0.2) is 20.4 Å². The number of pyridine rings is 1. The van der Waals surface area contributed by atoms with Crippen molar-refractivity contribution in [1.82, 2.24) is 14.5 Å². The Bertz CT molecular complexity index is 761. The van der Waals surface area contributed by atoms with Gasteiger partial charge in [-0.05, 0) is 56.1 Å². The fourth-order valence-electron chi connectivity index (χ4n) is 3.10. The van der Waals surface area contributed by atoms with Crippen LogP contribution in [0.1, 0.15) is 57.9 Å². The van der Waals surface area contributed by atoms with Gasteiger partial charge in [0.15, 0.2) is 5.65 Å². The minimum Gasteiger partial charge on any atom is -0.296 e. The van der Waals surface area contributed by atoms with E-state index in [4.69, 9.17) is 11.6 Å². The first-order valence-corrected chi connectivity index (χ1v) is 8.76. The van der Waals surface area contributed by atoms with E-state index in [2.05, 4.69) is 26.8 Å². The van der Waals surface area contributed by atoms with Crippen LogP contribution in [0.25, 0.3) is 11.2 Å². The predicted molar refractivity (Wildman–Crippen MR) is 90.6 cm³/mol. The Kier molecular flexibility index (Phi) is 3.56. The summed E-state index contributed by atoms with van der Waals surface area (Å²) in [6.07, 6.45) is 7.38. The first-order valence-electron chi connectivity index (χ1n) is 8.38. The van der Waals surface area contributed by atoms with E-state index in [1.165, 1.54) is 19.3 Å². The van der Waals surface area contributed by atoms with Gasteiger partial charge < -0.3 is 0 Å². The summed E-state index contributed by atoms with van der Waals surface area (Å²) >= 11 is 6.04. The van der Waals surface area contributed by atoms with E-state index < -0.39 is 0 Å². The van der Waals surface area contributed by atoms with Crippen molar-refractivity contribution in [2.24, 2.45) is 5.41 Å². The summed E-state index contributed by atoms with van der Waals surface area (Å²) in [6.45, 7) is 2.25. The van der Waals surface area contributed by atoms with Crippen LogP contribution in [-0.2, 0) is 4.79 Å². The average Bonchev–Trinajstić information content (AvgIpc) is 3.11. The number of aromatic nitrogens is 3. The number of nitrogens with zero attached hydrogens (tertiary/aromatic N) is 3. The molecule has 2 fully saturated rings. The molecule has 0 atom stereocenters. The summed E-state index contributed by atoms with van der Waals surface area (Å²) in [5.41, 5.74) is 1.94. The zero-order valence-electron chi connectivity index (χ0n) is 13.3. The molecule has 0 bridgehead atoms. The second-order valence-electron chi connectivity index (χ2n) is 7.23. The molecule has 122 valence electrons. The molecule has 2 saturated carbocycles. The third kappa shape index (κ3) is 2.94. The van der Waals surface area contributed by atoms with E-state index in [1.54, 1.807) is 6.07 Å². The van der Waals surface area contributed by atoms with E-state index >= 15 is 0 Å². The van der Waals surface area contributed by atoms with Gasteiger partial charge in [0, 0.05) is 12.5 Å². The molecule has 23 heavy (non-hydrogen) atoms. The Morgan fingerprint density at radius 1 is 1.39 bits per heavy atom. The smallest absolute Gasteiger partial charge is 0.226 e. The second kappa shape index (κ2) is 5.48. The molecule has 1 amide bonds. The molecule has 0 spiro atoms. The van der Waals surface area contributed by atoms with Crippen LogP contribution in [0, 0.1) is 5.41 Å². The molecular formula is C17H21ClN4O. The monoisotopic (exact) mass is 332 g/mol. The molecule has 0 aromatic carbocycles. The van der Waals surface area contributed by atoms with E-state index in [1.807, 2.05) is 6.07 Å². The van der Waals surface area contributed by atoms with Gasteiger partial charge in [-0.25, -0.2) is 9.97 Å². The van der Waals surface area contributed by atoms with Crippen molar-refractivity contribution in [3.63, 3.8) is 0 Å². The lowest BCUT2D eigenvalue weighted by molar-refractivity contribution is -0.116. The number of imidazole rings is 1. The van der Waals surface area contributed by atoms with Gasteiger partial charge in [0.1, 0.15) is 10.7 Å². The molecule has 2 aromatic heterocycles. The molecule has 6 heteroatoms. The summed E-state index contributed by atoms with van der Waals surface area (Å²) in [7, 11) is 0. The third-order valence-electron chi connectivity index (χ3n) is 5.25. The van der Waals surface area contributed by atoms with Crippen LogP contribution >= 0.6 is 11.6 Å². The molecular weight excluding hydrogens is 312 g/mol. The van der Waals surface area contributed by atoms with Crippen molar-refractivity contribution in [2.45, 2.75) is 57.9 Å². The van der Waals surface area contributed by atoms with Crippen LogP contribution < -0.4 is 5.32 Å². The maximum atomic E-state index is 12.3. The molecule has 0 unspecified atom stereocenters. The molecule has 2 heterocycles. The number of fused-ring (bicyclic) bond motifs is 1. The standard InChI is InChI=1S/C17H21ClN4O/c1-17(9-10-17)8-7-14(23)21-16-19-12-5-6-13(18)20-15(12)22(16)11-3-2-4-11/h5-6,11H,2-4,7-10H2,1H3,(H,19,21,23). The molecule has 0 saturated heterocycles. The van der Waals surface area contributed by atoms with Gasteiger partial charge in [-0.2, -0.15) is 0 Å². The third-order valence-corrected chi connectivity index (χ3v) is 5.46. The number of amides is 1. The molecule has 5 nitrogen and oxygen atoms in total. The Balaban J connectivity index is 1.59. The highest BCUT2D eigenvalue weighted by molar-refractivity contribution is 6.29. The largest absolute Gasteiger partial charge is 0.296 e. The summed E-state index contributed by atoms with van der Waals surface area (Å²) in [6, 6.07) is 3.96. The van der Waals surface area contributed by atoms with Crippen molar-refractivity contribution >= 4 is 34.6 Å². The maximum Gasteiger partial charge on any atom is 0.226 e. The number of carbonyl (C=O) groups is 1. The topological polar surface area (TPSA) is 59.8 Å². The fourth-order valence-corrected chi connectivity index (χ4v) is 3.24. The molecule has 2 aliphatic rings. The number of hydrogen-bond donors (Lipinski definition) is 1. The SMILES string of the molecule is CC1(CCC(=O)Nc2nc3ccc(Cl)nc3n2C2CCC2)CC1. The first kappa shape index (κ1) is 14.9. The fraction of sp³-hybridized carbons (Fsp3) is 0.588. The van der Waals surface area contributed by atoms with E-state index in [0.717, 1.165) is 30.4 Å². The molecule has 2 aromatic rings. The minimum absolute atomic E-state index is 0.0418. The second-order valence-corrected chi connectivity index (χ2v) is 7.61. The van der Waals surface area contributed by atoms with Crippen molar-refractivity contribution < 1.29 is 4.79 Å². The quantitative estimate of drug-likeness (QED) is 0.829. The predicted octanol–water partition coefficient (Wildman–Crippen LogP) is 4.33. The first-order chi connectivity index (χ1) is 11.0. The zero-order valence-corrected chi connectivity index (χ0v) is 14.1. The van der Waals surface area contributed by atoms with E-state index in [9.17, 15) is 4.79 Å². The van der Waals surface area contributed by atoms with Gasteiger partial charge in [0.25, 0.3) is 0 Å². The highest BCUT2D eigenvalue weighted by atomic mass is 35.5. The number of halogens is 1. The number of carbonyl (C=O) groups excluding carboxylic acids is 1. The van der Waals surface area contributed by atoms with Gasteiger partial charge in [0.2, 0.25) is 11.9 Å². The molecule has 2 aliphatic carbocycles. The molecule has 1 N–H and O–H groups in total. The Morgan fingerprint density at radius 2 is 2.17 bits per heavy atom. The summed E-state index contributed by atoms with van der Waals surface area (Å²) < 4.78 is 2.06. The summed E-state index contributed by atoms with van der Waals surface area (Å²) in [4.78, 5) is 21.3. The average molecular weight is 333 g/mol. The molecule has 0 radical (unpaired) electrons. The minimum atomic E-state index is 0.0418. The molecule has 0 aliphatic heterocycles. The number of rotatable bonds is 5. The van der Waals surface area contributed by atoms with Gasteiger partial charge in [-0.15, -0.1) is 0 Å². The summed E-state index contributed by atoms with van der Waals surface area (Å²) in [5.74, 6) is 0.658. The lowest BCUT2D eigenvalue weighted by Gasteiger charge is -2.28. The molecule has 4 rings (SSSR count). The number of hydrogen-bond acceptors (Lipinski definition) is 3. The highest BCUT2D eigenvalue weighted by Crippen LogP contribution is 2.48. The van der Waals surface area contributed by atoms with Crippen LogP contribution in [0.5, 0.6) is 0 Å². The van der Waals surface area contributed by atoms with E-state index in [-0.39, 0.29) is 5.91 Å². The van der Waals surface area contributed by atoms with Gasteiger partial charge in [0.05, 0.1) is 0 Å². The van der Waals surface area contributed by atoms with Crippen molar-refractivity contribution in [3.8, 4) is 0 Å². The van der Waals surface area contributed by atoms with Gasteiger partial charge in [-0.3, -0.25) is 14.7 Å². The highest BCUT2D eigenvalue weighted by Gasteiger charge is 2.37. The van der Waals surface area contributed by atoms with Crippen LogP contribution in [0.2, 0.25) is 5.15 Å². The Morgan fingerprint density at radius 3 is 2.83 bits per heavy atom. The zero-order chi connectivity index (χ0) is 16.0. The van der Waals surface area contributed by atoms with Gasteiger partial charge in [-0.1, -0.05) is 18.5 Å². The Hall–Kier alpha value is -1.62. The van der Waals surface area contributed by atoms with Crippen molar-refractivity contribution in [1.29, 1.82) is 0 Å². The number of nitrogens with one attached hydrogen (secondary N) is 1. The number of anilines is 1.